The number of aryl methyl sites for hydroxylation is 2. The molecule has 0 saturated heterocycles. The molecule has 22 heavy (non-hydrogen) atoms. The Morgan fingerprint density at radius 2 is 2.00 bits per heavy atom. The highest BCUT2D eigenvalue weighted by molar-refractivity contribution is 9.09. The highest BCUT2D eigenvalue weighted by Crippen LogP contribution is 2.33. The molecule has 0 spiro atoms. The van der Waals surface area contributed by atoms with Crippen LogP contribution in [0.4, 0.5) is 5.69 Å². The minimum atomic E-state index is 1.06. The molecule has 2 nitrogen and oxygen atoms in total. The Bertz CT molecular complexity index is 651. The second-order valence-electron chi connectivity index (χ2n) is 6.32. The van der Waals surface area contributed by atoms with Crippen LogP contribution in [0.25, 0.3) is 10.9 Å². The second kappa shape index (κ2) is 7.45. The number of unbranched alkanes of at least 4 members (excludes halogenated alkanes) is 2. The van der Waals surface area contributed by atoms with E-state index in [1.54, 1.807) is 0 Å². The van der Waals surface area contributed by atoms with Crippen molar-refractivity contribution < 1.29 is 0 Å². The number of hydrogen-bond acceptors (Lipinski definition) is 2. The first-order valence-electron chi connectivity index (χ1n) is 8.51. The molecule has 0 saturated carbocycles. The van der Waals surface area contributed by atoms with E-state index in [4.69, 9.17) is 4.98 Å². The van der Waals surface area contributed by atoms with Crippen molar-refractivity contribution in [3.05, 3.63) is 35.0 Å². The van der Waals surface area contributed by atoms with Crippen molar-refractivity contribution in [2.75, 3.05) is 17.2 Å². The topological polar surface area (TPSA) is 24.9 Å². The molecule has 1 N–H and O–H groups in total. The van der Waals surface area contributed by atoms with E-state index >= 15 is 0 Å². The van der Waals surface area contributed by atoms with E-state index in [0.717, 1.165) is 23.8 Å². The molecule has 1 aromatic carbocycles. The van der Waals surface area contributed by atoms with Crippen molar-refractivity contribution in [2.24, 2.45) is 0 Å². The van der Waals surface area contributed by atoms with Gasteiger partial charge in [-0.15, -0.1) is 0 Å². The number of fused-ring (bicyclic) bond motifs is 2. The lowest BCUT2D eigenvalue weighted by molar-refractivity contribution is 0.671. The summed E-state index contributed by atoms with van der Waals surface area (Å²) in [5.74, 6) is 0. The number of nitrogens with one attached hydrogen (secondary N) is 1. The predicted octanol–water partition coefficient (Wildman–Crippen LogP) is 5.40. The van der Waals surface area contributed by atoms with Gasteiger partial charge in [0.15, 0.2) is 0 Å². The standard InChI is InChI=1S/C19H25BrN2/c1-14-9-10-16-18(13-14)22-17-8-4-3-7-15(17)19(16)21-12-6-2-5-11-20/h9-10,13H,2-8,11-12H2,1H3,(H,21,22). The SMILES string of the molecule is Cc1ccc2c(NCCCCCBr)c3c(nc2c1)CCCC3. The summed E-state index contributed by atoms with van der Waals surface area (Å²) in [4.78, 5) is 4.95. The molecule has 1 aromatic heterocycles. The summed E-state index contributed by atoms with van der Waals surface area (Å²) in [6.07, 6.45) is 8.66. The molecule has 1 heterocycles. The number of rotatable bonds is 6. The van der Waals surface area contributed by atoms with Gasteiger partial charge in [-0.1, -0.05) is 34.5 Å². The van der Waals surface area contributed by atoms with Gasteiger partial charge in [0.05, 0.1) is 5.52 Å². The Morgan fingerprint density at radius 1 is 1.14 bits per heavy atom. The smallest absolute Gasteiger partial charge is 0.0728 e. The number of benzene rings is 1. The summed E-state index contributed by atoms with van der Waals surface area (Å²) in [5.41, 5.74) is 6.61. The lowest BCUT2D eigenvalue weighted by Crippen LogP contribution is -2.12. The molecule has 0 bridgehead atoms. The van der Waals surface area contributed by atoms with Crippen molar-refractivity contribution in [3.63, 3.8) is 0 Å². The quantitative estimate of drug-likeness (QED) is 0.550. The fraction of sp³-hybridized carbons (Fsp3) is 0.526. The summed E-state index contributed by atoms with van der Waals surface area (Å²) in [6, 6.07) is 6.67. The van der Waals surface area contributed by atoms with Crippen LogP contribution in [0.15, 0.2) is 18.2 Å². The predicted molar refractivity (Wildman–Crippen MR) is 99.3 cm³/mol. The van der Waals surface area contributed by atoms with Gasteiger partial charge in [0.25, 0.3) is 0 Å². The van der Waals surface area contributed by atoms with Crippen LogP contribution in [0.1, 0.15) is 48.9 Å². The van der Waals surface area contributed by atoms with Crippen molar-refractivity contribution in [3.8, 4) is 0 Å². The van der Waals surface area contributed by atoms with E-state index in [-0.39, 0.29) is 0 Å². The van der Waals surface area contributed by atoms with E-state index < -0.39 is 0 Å². The van der Waals surface area contributed by atoms with Crippen LogP contribution < -0.4 is 5.32 Å². The largest absolute Gasteiger partial charge is 0.384 e. The zero-order valence-electron chi connectivity index (χ0n) is 13.4. The molecule has 2 aromatic rings. The summed E-state index contributed by atoms with van der Waals surface area (Å²) in [7, 11) is 0. The molecule has 0 aliphatic heterocycles. The van der Waals surface area contributed by atoms with Crippen molar-refractivity contribution in [2.45, 2.75) is 51.9 Å². The number of hydrogen-bond donors (Lipinski definition) is 1. The molecular formula is C19H25BrN2. The van der Waals surface area contributed by atoms with Crippen LogP contribution in [0, 0.1) is 6.92 Å². The first kappa shape index (κ1) is 15.8. The Hall–Kier alpha value is -1.09. The first-order valence-corrected chi connectivity index (χ1v) is 9.63. The molecule has 118 valence electrons. The number of pyridine rings is 1. The Labute approximate surface area is 141 Å². The third kappa shape index (κ3) is 3.45. The summed E-state index contributed by atoms with van der Waals surface area (Å²) < 4.78 is 0. The van der Waals surface area contributed by atoms with Gasteiger partial charge in [0.2, 0.25) is 0 Å². The molecular weight excluding hydrogens is 336 g/mol. The highest BCUT2D eigenvalue weighted by atomic mass is 79.9. The number of halogens is 1. The second-order valence-corrected chi connectivity index (χ2v) is 7.11. The average molecular weight is 361 g/mol. The fourth-order valence-electron chi connectivity index (χ4n) is 3.35. The van der Waals surface area contributed by atoms with Crippen LogP contribution in [0.2, 0.25) is 0 Å². The van der Waals surface area contributed by atoms with E-state index in [1.807, 2.05) is 0 Å². The maximum absolute atomic E-state index is 4.95. The van der Waals surface area contributed by atoms with Gasteiger partial charge in [-0.2, -0.15) is 0 Å². The molecule has 0 amide bonds. The average Bonchev–Trinajstić information content (AvgIpc) is 2.53. The van der Waals surface area contributed by atoms with E-state index in [2.05, 4.69) is 46.4 Å². The molecule has 0 unspecified atom stereocenters. The summed E-state index contributed by atoms with van der Waals surface area (Å²) in [5, 5.41) is 6.15. The number of alkyl halides is 1. The summed E-state index contributed by atoms with van der Waals surface area (Å²) >= 11 is 3.51. The molecule has 0 fully saturated rings. The molecule has 0 radical (unpaired) electrons. The first-order chi connectivity index (χ1) is 10.8. The minimum absolute atomic E-state index is 1.06. The van der Waals surface area contributed by atoms with E-state index in [0.29, 0.717) is 0 Å². The Balaban J connectivity index is 1.91. The van der Waals surface area contributed by atoms with Crippen molar-refractivity contribution in [1.29, 1.82) is 0 Å². The van der Waals surface area contributed by atoms with Gasteiger partial charge in [-0.3, -0.25) is 4.98 Å². The van der Waals surface area contributed by atoms with Crippen LogP contribution in [0.5, 0.6) is 0 Å². The lowest BCUT2D eigenvalue weighted by Gasteiger charge is -2.22. The van der Waals surface area contributed by atoms with Crippen molar-refractivity contribution >= 4 is 32.5 Å². The number of nitrogens with zero attached hydrogens (tertiary/aromatic N) is 1. The molecule has 0 atom stereocenters. The van der Waals surface area contributed by atoms with Crippen LogP contribution in [-0.4, -0.2) is 16.9 Å². The lowest BCUT2D eigenvalue weighted by atomic mass is 9.92. The van der Waals surface area contributed by atoms with Gasteiger partial charge in [-0.05, 0) is 62.6 Å². The molecule has 3 heteroatoms. The number of aromatic nitrogens is 1. The fourth-order valence-corrected chi connectivity index (χ4v) is 3.74. The Kier molecular flexibility index (Phi) is 5.35. The van der Waals surface area contributed by atoms with E-state index in [9.17, 15) is 0 Å². The maximum Gasteiger partial charge on any atom is 0.0728 e. The van der Waals surface area contributed by atoms with Gasteiger partial charge < -0.3 is 5.32 Å². The normalized spacial score (nSPS) is 14.1. The van der Waals surface area contributed by atoms with Crippen LogP contribution in [0.3, 0.4) is 0 Å². The molecule has 1 aliphatic rings. The van der Waals surface area contributed by atoms with E-state index in [1.165, 1.54) is 66.4 Å². The zero-order chi connectivity index (χ0) is 15.4. The summed E-state index contributed by atoms with van der Waals surface area (Å²) in [6.45, 7) is 3.21. The highest BCUT2D eigenvalue weighted by Gasteiger charge is 2.17. The van der Waals surface area contributed by atoms with Gasteiger partial charge in [0.1, 0.15) is 0 Å². The number of anilines is 1. The van der Waals surface area contributed by atoms with Crippen LogP contribution in [-0.2, 0) is 12.8 Å². The van der Waals surface area contributed by atoms with Crippen LogP contribution >= 0.6 is 15.9 Å². The van der Waals surface area contributed by atoms with Gasteiger partial charge in [0, 0.05) is 28.6 Å². The maximum atomic E-state index is 4.95. The van der Waals surface area contributed by atoms with Gasteiger partial charge >= 0.3 is 0 Å². The van der Waals surface area contributed by atoms with Gasteiger partial charge in [-0.25, -0.2) is 0 Å². The zero-order valence-corrected chi connectivity index (χ0v) is 15.0. The minimum Gasteiger partial charge on any atom is -0.384 e. The third-order valence-corrected chi connectivity index (χ3v) is 5.09. The van der Waals surface area contributed by atoms with Crippen molar-refractivity contribution in [1.82, 2.24) is 4.98 Å². The third-order valence-electron chi connectivity index (χ3n) is 4.53. The monoisotopic (exact) mass is 360 g/mol. The molecule has 1 aliphatic carbocycles. The molecule has 3 rings (SSSR count). The Morgan fingerprint density at radius 3 is 2.86 bits per heavy atom.